The third-order valence-corrected chi connectivity index (χ3v) is 3.33. The van der Waals surface area contributed by atoms with Crippen LogP contribution >= 0.6 is 12.6 Å². The van der Waals surface area contributed by atoms with Crippen LogP contribution in [0.5, 0.6) is 0 Å². The summed E-state index contributed by atoms with van der Waals surface area (Å²) >= 11 is 4.52. The molecule has 1 aliphatic rings. The summed E-state index contributed by atoms with van der Waals surface area (Å²) in [5, 5.41) is 7.72. The maximum absolute atomic E-state index is 11.1. The summed E-state index contributed by atoms with van der Waals surface area (Å²) in [6.45, 7) is 1.87. The first-order valence-electron chi connectivity index (χ1n) is 5.74. The summed E-state index contributed by atoms with van der Waals surface area (Å²) in [5.74, 6) is 0.252. The van der Waals surface area contributed by atoms with Gasteiger partial charge in [0.15, 0.2) is 5.82 Å². The summed E-state index contributed by atoms with van der Waals surface area (Å²) in [6.07, 6.45) is 4.43. The lowest BCUT2D eigenvalue weighted by Crippen LogP contribution is -2.30. The largest absolute Gasteiger partial charge is 0.468 e. The minimum Gasteiger partial charge on any atom is -0.468 e. The molecule has 1 saturated heterocycles. The lowest BCUT2D eigenvalue weighted by Gasteiger charge is -2.21. The van der Waals surface area contributed by atoms with Gasteiger partial charge in [0.2, 0.25) is 0 Å². The zero-order chi connectivity index (χ0) is 13.0. The molecule has 0 aromatic carbocycles. The highest BCUT2D eigenvalue weighted by atomic mass is 32.1. The molecule has 0 bridgehead atoms. The predicted molar refractivity (Wildman–Crippen MR) is 70.3 cm³/mol. The molecule has 2 rings (SSSR count). The molecular weight excluding hydrogens is 252 g/mol. The van der Waals surface area contributed by atoms with E-state index in [1.54, 1.807) is 0 Å². The van der Waals surface area contributed by atoms with E-state index in [4.69, 9.17) is 0 Å². The Labute approximate surface area is 111 Å². The van der Waals surface area contributed by atoms with Gasteiger partial charge in [0.1, 0.15) is 12.9 Å². The van der Waals surface area contributed by atoms with Crippen LogP contribution in [0.25, 0.3) is 6.08 Å². The molecule has 98 valence electrons. The maximum Gasteiger partial charge on any atom is 0.327 e. The first-order valence-corrected chi connectivity index (χ1v) is 6.26. The fourth-order valence-corrected chi connectivity index (χ4v) is 2.03. The van der Waals surface area contributed by atoms with Crippen LogP contribution < -0.4 is 5.32 Å². The highest BCUT2D eigenvalue weighted by molar-refractivity contribution is 7.81. The summed E-state index contributed by atoms with van der Waals surface area (Å²) < 4.78 is 6.03. The second kappa shape index (κ2) is 6.01. The van der Waals surface area contributed by atoms with Gasteiger partial charge in [0.25, 0.3) is 0 Å². The Kier molecular flexibility index (Phi) is 4.38. The van der Waals surface area contributed by atoms with Crippen LogP contribution in [0.1, 0.15) is 12.2 Å². The molecule has 0 spiro atoms. The van der Waals surface area contributed by atoms with E-state index in [2.05, 4.69) is 32.8 Å². The quantitative estimate of drug-likeness (QED) is 0.602. The van der Waals surface area contributed by atoms with Crippen molar-refractivity contribution >= 4 is 24.7 Å². The number of carbonyl (C=O) groups excluding carboxylic acids is 1. The minimum atomic E-state index is -0.342. The number of aromatic nitrogens is 3. The van der Waals surface area contributed by atoms with Gasteiger partial charge >= 0.3 is 5.97 Å². The van der Waals surface area contributed by atoms with E-state index in [0.717, 1.165) is 19.5 Å². The van der Waals surface area contributed by atoms with Gasteiger partial charge in [-0.05, 0) is 24.6 Å². The van der Waals surface area contributed by atoms with Crippen molar-refractivity contribution in [2.45, 2.75) is 18.2 Å². The molecule has 1 fully saturated rings. The van der Waals surface area contributed by atoms with E-state index in [1.165, 1.54) is 23.7 Å². The second-order valence-corrected chi connectivity index (χ2v) is 4.70. The number of nitrogens with zero attached hydrogens (tertiary/aromatic N) is 3. The number of carbonyl (C=O) groups is 1. The number of hydrogen-bond acceptors (Lipinski definition) is 6. The Hall–Kier alpha value is -1.34. The highest BCUT2D eigenvalue weighted by Gasteiger charge is 2.15. The number of rotatable bonds is 3. The van der Waals surface area contributed by atoms with Gasteiger partial charge in [-0.15, -0.1) is 0 Å². The van der Waals surface area contributed by atoms with Crippen molar-refractivity contribution in [3.63, 3.8) is 0 Å². The normalized spacial score (nSPS) is 22.1. The summed E-state index contributed by atoms with van der Waals surface area (Å²) in [7, 11) is 1.35. The predicted octanol–water partition coefficient (Wildman–Crippen LogP) is 0.126. The molecule has 2 heterocycles. The van der Waals surface area contributed by atoms with Crippen LogP contribution in [0.2, 0.25) is 0 Å². The molecule has 1 N–H and O–H groups in total. The molecule has 1 aromatic rings. The summed E-state index contributed by atoms with van der Waals surface area (Å²) in [4.78, 5) is 15.2. The smallest absolute Gasteiger partial charge is 0.327 e. The fraction of sp³-hybridized carbons (Fsp3) is 0.545. The fourth-order valence-electron chi connectivity index (χ4n) is 1.74. The average Bonchev–Trinajstić information content (AvgIpc) is 2.79. The number of thiol groups is 1. The van der Waals surface area contributed by atoms with Crippen LogP contribution in [0.4, 0.5) is 0 Å². The van der Waals surface area contributed by atoms with Crippen LogP contribution in [0.15, 0.2) is 11.9 Å². The molecule has 0 amide bonds. The van der Waals surface area contributed by atoms with Crippen molar-refractivity contribution in [3.8, 4) is 0 Å². The van der Waals surface area contributed by atoms with Gasteiger partial charge in [0.05, 0.1) is 7.11 Å². The lowest BCUT2D eigenvalue weighted by atomic mass is 10.1. The van der Waals surface area contributed by atoms with E-state index in [1.807, 2.05) is 6.08 Å². The number of nitrogens with one attached hydrogen (secondary N) is 1. The summed E-state index contributed by atoms with van der Waals surface area (Å²) in [6, 6.07) is 0. The standard InChI is InChI=1S/C11H16N4O2S/c1-17-11(16)6-15-7-13-10(14-15)4-8-5-12-3-2-9(8)18/h4,7,9,12,18H,2-3,5-6H2,1H3. The number of piperidine rings is 1. The Morgan fingerprint density at radius 2 is 2.61 bits per heavy atom. The molecule has 7 heteroatoms. The molecule has 1 unspecified atom stereocenters. The summed E-state index contributed by atoms with van der Waals surface area (Å²) in [5.41, 5.74) is 1.17. The molecular formula is C11H16N4O2S. The third kappa shape index (κ3) is 3.33. The topological polar surface area (TPSA) is 69.0 Å². The van der Waals surface area contributed by atoms with Crippen molar-refractivity contribution in [2.75, 3.05) is 20.2 Å². The number of methoxy groups -OCH3 is 1. The molecule has 18 heavy (non-hydrogen) atoms. The van der Waals surface area contributed by atoms with Crippen LogP contribution in [0.3, 0.4) is 0 Å². The molecule has 0 radical (unpaired) electrons. The molecule has 0 aliphatic carbocycles. The lowest BCUT2D eigenvalue weighted by molar-refractivity contribution is -0.141. The van der Waals surface area contributed by atoms with Gasteiger partial charge in [-0.1, -0.05) is 0 Å². The molecule has 0 saturated carbocycles. The van der Waals surface area contributed by atoms with E-state index in [9.17, 15) is 4.79 Å². The zero-order valence-electron chi connectivity index (χ0n) is 10.2. The van der Waals surface area contributed by atoms with Gasteiger partial charge in [-0.2, -0.15) is 17.7 Å². The van der Waals surface area contributed by atoms with Crippen LogP contribution in [-0.4, -0.2) is 46.2 Å². The second-order valence-electron chi connectivity index (χ2n) is 4.08. The SMILES string of the molecule is COC(=O)Cn1cnc(C=C2CNCCC2S)n1. The Balaban J connectivity index is 2.05. The Bertz CT molecular complexity index is 458. The van der Waals surface area contributed by atoms with E-state index in [0.29, 0.717) is 5.82 Å². The van der Waals surface area contributed by atoms with Crippen molar-refractivity contribution in [3.05, 3.63) is 17.7 Å². The minimum absolute atomic E-state index is 0.0786. The number of esters is 1. The average molecular weight is 268 g/mol. The molecule has 1 aliphatic heterocycles. The Morgan fingerprint density at radius 1 is 1.78 bits per heavy atom. The first-order chi connectivity index (χ1) is 8.69. The third-order valence-electron chi connectivity index (χ3n) is 2.74. The van der Waals surface area contributed by atoms with Gasteiger partial charge in [-0.25, -0.2) is 9.67 Å². The van der Waals surface area contributed by atoms with Crippen molar-refractivity contribution in [1.29, 1.82) is 0 Å². The maximum atomic E-state index is 11.1. The van der Waals surface area contributed by atoms with Gasteiger partial charge in [-0.3, -0.25) is 4.79 Å². The van der Waals surface area contributed by atoms with E-state index < -0.39 is 0 Å². The van der Waals surface area contributed by atoms with Crippen molar-refractivity contribution in [1.82, 2.24) is 20.1 Å². The zero-order valence-corrected chi connectivity index (χ0v) is 11.1. The van der Waals surface area contributed by atoms with Gasteiger partial charge < -0.3 is 10.1 Å². The van der Waals surface area contributed by atoms with Gasteiger partial charge in [0, 0.05) is 11.8 Å². The van der Waals surface area contributed by atoms with Crippen molar-refractivity contribution < 1.29 is 9.53 Å². The number of ether oxygens (including phenoxy) is 1. The number of hydrogen-bond donors (Lipinski definition) is 2. The van der Waals surface area contributed by atoms with Crippen LogP contribution in [0, 0.1) is 0 Å². The monoisotopic (exact) mass is 268 g/mol. The molecule has 1 aromatic heterocycles. The molecule has 6 nitrogen and oxygen atoms in total. The van der Waals surface area contributed by atoms with Crippen molar-refractivity contribution in [2.24, 2.45) is 0 Å². The molecule has 1 atom stereocenters. The van der Waals surface area contributed by atoms with E-state index >= 15 is 0 Å². The van der Waals surface area contributed by atoms with Crippen LogP contribution in [-0.2, 0) is 16.1 Å². The Morgan fingerprint density at radius 3 is 3.33 bits per heavy atom. The van der Waals surface area contributed by atoms with E-state index in [-0.39, 0.29) is 17.8 Å². The first kappa shape index (κ1) is 13.1. The highest BCUT2D eigenvalue weighted by Crippen LogP contribution is 2.17.